The Labute approximate surface area is 194 Å². The zero-order chi connectivity index (χ0) is 25.4. The number of terminal acetylenes is 1. The van der Waals surface area contributed by atoms with Crippen molar-refractivity contribution in [2.75, 3.05) is 5.73 Å². The van der Waals surface area contributed by atoms with Crippen LogP contribution in [0.25, 0.3) is 0 Å². The standard InChI is InChI=1S/C18H23N5O8S2/c1-7-10-12(14(25)23(10)33(27,28)29)21-13(24)11(9-8-32-16(19)20-9)22-31-18(5,6)15(26)30-17(2,3)4/h1,8,10,12H,2-6H3,(H2,19,20)(H,21,24)(H,27,28,29)/b22-11-/t10-,12+/m1/s1. The smallest absolute Gasteiger partial charge is 0.363 e. The second kappa shape index (κ2) is 8.96. The molecular weight excluding hydrogens is 478 g/mol. The zero-order valence-electron chi connectivity index (χ0n) is 18.3. The maximum Gasteiger partial charge on any atom is 0.363 e. The van der Waals surface area contributed by atoms with Crippen molar-refractivity contribution in [2.24, 2.45) is 5.16 Å². The van der Waals surface area contributed by atoms with Crippen molar-refractivity contribution in [2.45, 2.75) is 57.9 Å². The van der Waals surface area contributed by atoms with Crippen LogP contribution >= 0.6 is 11.3 Å². The van der Waals surface area contributed by atoms with E-state index in [1.54, 1.807) is 20.8 Å². The molecule has 180 valence electrons. The van der Waals surface area contributed by atoms with Crippen LogP contribution in [-0.4, -0.2) is 69.0 Å². The molecule has 4 N–H and O–H groups in total. The lowest BCUT2D eigenvalue weighted by molar-refractivity contribution is -0.179. The van der Waals surface area contributed by atoms with Gasteiger partial charge in [0.05, 0.1) is 0 Å². The molecule has 0 unspecified atom stereocenters. The second-order valence-corrected chi connectivity index (χ2v) is 10.5. The van der Waals surface area contributed by atoms with E-state index >= 15 is 0 Å². The Morgan fingerprint density at radius 1 is 1.36 bits per heavy atom. The fourth-order valence-electron chi connectivity index (χ4n) is 2.43. The highest BCUT2D eigenvalue weighted by atomic mass is 32.2. The predicted octanol–water partition coefficient (Wildman–Crippen LogP) is -0.302. The molecule has 1 aliphatic rings. The predicted molar refractivity (Wildman–Crippen MR) is 117 cm³/mol. The van der Waals surface area contributed by atoms with Gasteiger partial charge in [-0.3, -0.25) is 14.1 Å². The first kappa shape index (κ1) is 26.0. The molecule has 1 aromatic rings. The van der Waals surface area contributed by atoms with Crippen LogP contribution < -0.4 is 11.1 Å². The van der Waals surface area contributed by atoms with Crippen LogP contribution in [0, 0.1) is 12.3 Å². The highest BCUT2D eigenvalue weighted by Gasteiger charge is 2.53. The number of β-lactam (4-membered cyclic amide) rings is 1. The second-order valence-electron chi connectivity index (χ2n) is 8.29. The topological polar surface area (TPSA) is 191 Å². The molecule has 0 spiro atoms. The van der Waals surface area contributed by atoms with Gasteiger partial charge in [0.1, 0.15) is 23.4 Å². The molecule has 1 aromatic heterocycles. The average Bonchev–Trinajstić information content (AvgIpc) is 3.07. The van der Waals surface area contributed by atoms with E-state index < -0.39 is 57.1 Å². The lowest BCUT2D eigenvalue weighted by Crippen LogP contribution is -2.71. The molecule has 2 heterocycles. The first-order valence-corrected chi connectivity index (χ1v) is 11.5. The van der Waals surface area contributed by atoms with Crippen molar-refractivity contribution in [1.82, 2.24) is 14.6 Å². The highest BCUT2D eigenvalue weighted by Crippen LogP contribution is 2.24. The first-order chi connectivity index (χ1) is 15.0. The number of hydrogen-bond donors (Lipinski definition) is 3. The summed E-state index contributed by atoms with van der Waals surface area (Å²) in [6, 6.07) is -2.93. The number of anilines is 1. The van der Waals surface area contributed by atoms with E-state index in [1.807, 2.05) is 5.92 Å². The third-order valence-corrected chi connectivity index (χ3v) is 5.57. The molecule has 0 saturated carbocycles. The van der Waals surface area contributed by atoms with Gasteiger partial charge in [-0.05, 0) is 34.6 Å². The molecule has 1 fully saturated rings. The van der Waals surface area contributed by atoms with E-state index in [0.29, 0.717) is 0 Å². The number of nitrogens with zero attached hydrogens (tertiary/aromatic N) is 3. The molecule has 1 aliphatic heterocycles. The first-order valence-electron chi connectivity index (χ1n) is 9.26. The van der Waals surface area contributed by atoms with Crippen molar-refractivity contribution >= 4 is 50.3 Å². The summed E-state index contributed by atoms with van der Waals surface area (Å²) in [5.74, 6) is -0.929. The number of oxime groups is 1. The van der Waals surface area contributed by atoms with Crippen LogP contribution in [0.2, 0.25) is 0 Å². The molecule has 2 atom stereocenters. The lowest BCUT2D eigenvalue weighted by atomic mass is 9.99. The number of nitrogen functional groups attached to an aromatic ring is 1. The number of carbonyl (C=O) groups excluding carboxylic acids is 3. The van der Waals surface area contributed by atoms with Gasteiger partial charge in [0.15, 0.2) is 10.8 Å². The Bertz CT molecular complexity index is 1140. The van der Waals surface area contributed by atoms with Gasteiger partial charge in [-0.2, -0.15) is 12.7 Å². The fourth-order valence-corrected chi connectivity index (χ4v) is 3.79. The number of hydrogen-bond acceptors (Lipinski definition) is 11. The number of ether oxygens (including phenoxy) is 1. The molecule has 0 radical (unpaired) electrons. The van der Waals surface area contributed by atoms with Crippen molar-refractivity contribution in [1.29, 1.82) is 0 Å². The maximum absolute atomic E-state index is 12.9. The van der Waals surface area contributed by atoms with E-state index in [4.69, 9.17) is 26.3 Å². The number of rotatable bonds is 7. The Balaban J connectivity index is 2.30. The van der Waals surface area contributed by atoms with E-state index in [0.717, 1.165) is 11.3 Å². The summed E-state index contributed by atoms with van der Waals surface area (Å²) >= 11 is 0.984. The molecule has 0 bridgehead atoms. The quantitative estimate of drug-likeness (QED) is 0.112. The van der Waals surface area contributed by atoms with Crippen LogP contribution in [0.5, 0.6) is 0 Å². The van der Waals surface area contributed by atoms with Gasteiger partial charge in [0.25, 0.3) is 11.8 Å². The summed E-state index contributed by atoms with van der Waals surface area (Å²) in [6.45, 7) is 7.71. The molecule has 2 rings (SSSR count). The molecule has 1 saturated heterocycles. The summed E-state index contributed by atoms with van der Waals surface area (Å²) in [7, 11) is -4.91. The number of aromatic nitrogens is 1. The number of nitrogens with two attached hydrogens (primary N) is 1. The van der Waals surface area contributed by atoms with Crippen LogP contribution in [0.15, 0.2) is 10.5 Å². The van der Waals surface area contributed by atoms with Crippen LogP contribution in [-0.2, 0) is 34.3 Å². The highest BCUT2D eigenvalue weighted by molar-refractivity contribution is 7.84. The monoisotopic (exact) mass is 501 g/mol. The summed E-state index contributed by atoms with van der Waals surface area (Å²) < 4.78 is 37.0. The summed E-state index contributed by atoms with van der Waals surface area (Å²) in [5.41, 5.74) is 2.69. The fraction of sp³-hybridized carbons (Fsp3) is 0.500. The van der Waals surface area contributed by atoms with Crippen molar-refractivity contribution in [3.8, 4) is 12.3 Å². The average molecular weight is 502 g/mol. The maximum atomic E-state index is 12.9. The van der Waals surface area contributed by atoms with Crippen LogP contribution in [0.4, 0.5) is 5.13 Å². The van der Waals surface area contributed by atoms with Gasteiger partial charge in [0, 0.05) is 5.38 Å². The zero-order valence-corrected chi connectivity index (χ0v) is 20.0. The largest absolute Gasteiger partial charge is 0.457 e. The summed E-state index contributed by atoms with van der Waals surface area (Å²) in [6.07, 6.45) is 5.23. The third kappa shape index (κ3) is 5.97. The molecule has 2 amide bonds. The molecule has 0 aliphatic carbocycles. The molecule has 33 heavy (non-hydrogen) atoms. The number of esters is 1. The van der Waals surface area contributed by atoms with Crippen molar-refractivity contribution in [3.05, 3.63) is 11.1 Å². The van der Waals surface area contributed by atoms with Gasteiger partial charge in [-0.25, -0.2) is 9.78 Å². The van der Waals surface area contributed by atoms with Gasteiger partial charge >= 0.3 is 16.3 Å². The van der Waals surface area contributed by atoms with E-state index in [1.165, 1.54) is 19.2 Å². The lowest BCUT2D eigenvalue weighted by Gasteiger charge is -2.41. The van der Waals surface area contributed by atoms with Crippen LogP contribution in [0.1, 0.15) is 40.3 Å². The number of nitrogens with one attached hydrogen (secondary N) is 1. The van der Waals surface area contributed by atoms with Gasteiger partial charge in [0.2, 0.25) is 5.60 Å². The number of amides is 2. The van der Waals surface area contributed by atoms with Crippen molar-refractivity contribution < 1.29 is 36.9 Å². The number of thiazole rings is 1. The van der Waals surface area contributed by atoms with Crippen molar-refractivity contribution in [3.63, 3.8) is 0 Å². The summed E-state index contributed by atoms with van der Waals surface area (Å²) in [5, 5.41) is 7.43. The Hall–Kier alpha value is -3.22. The van der Waals surface area contributed by atoms with Gasteiger partial charge in [-0.1, -0.05) is 11.1 Å². The minimum absolute atomic E-state index is 0.0364. The molecule has 13 nitrogen and oxygen atoms in total. The van der Waals surface area contributed by atoms with E-state index in [9.17, 15) is 22.8 Å². The Morgan fingerprint density at radius 2 is 1.97 bits per heavy atom. The minimum Gasteiger partial charge on any atom is -0.457 e. The summed E-state index contributed by atoms with van der Waals surface area (Å²) in [4.78, 5) is 46.6. The molecular formula is C18H23N5O8S2. The Kier molecular flexibility index (Phi) is 7.07. The van der Waals surface area contributed by atoms with Gasteiger partial charge < -0.3 is 20.6 Å². The van der Waals surface area contributed by atoms with Crippen LogP contribution in [0.3, 0.4) is 0 Å². The molecule has 0 aromatic carbocycles. The Morgan fingerprint density at radius 3 is 2.42 bits per heavy atom. The number of carbonyl (C=O) groups is 3. The minimum atomic E-state index is -4.91. The normalized spacial score (nSPS) is 19.4. The van der Waals surface area contributed by atoms with E-state index in [-0.39, 0.29) is 15.1 Å². The molecule has 15 heteroatoms. The third-order valence-electron chi connectivity index (χ3n) is 3.99. The van der Waals surface area contributed by atoms with Gasteiger partial charge in [-0.15, -0.1) is 17.8 Å². The SMILES string of the molecule is C#C[C@@H]1[C@H](NC(=O)/C(=N\OC(C)(C)C(=O)OC(C)(C)C)c2csc(N)n2)C(=O)N1S(=O)(=O)O. The van der Waals surface area contributed by atoms with E-state index in [2.05, 4.69) is 15.5 Å².